The molecule has 0 spiro atoms. The van der Waals surface area contributed by atoms with E-state index in [2.05, 4.69) is 41.3 Å². The fraction of sp³-hybridized carbons (Fsp3) is 0.429. The van der Waals surface area contributed by atoms with Gasteiger partial charge < -0.3 is 15.3 Å². The van der Waals surface area contributed by atoms with Crippen LogP contribution in [0.2, 0.25) is 0 Å². The molecule has 1 aliphatic rings. The van der Waals surface area contributed by atoms with Crippen molar-refractivity contribution in [2.24, 2.45) is 0 Å². The minimum atomic E-state index is 0.181. The highest BCUT2D eigenvalue weighted by molar-refractivity contribution is 9.10. The number of aromatic hydroxyl groups is 1. The summed E-state index contributed by atoms with van der Waals surface area (Å²) in [6.07, 6.45) is 2.17. The first kappa shape index (κ1) is 14.3. The average molecular weight is 352 g/mol. The smallest absolute Gasteiger partial charge is 0.245 e. The van der Waals surface area contributed by atoms with Crippen LogP contribution >= 0.6 is 15.9 Å². The Morgan fingerprint density at radius 2 is 2.14 bits per heavy atom. The monoisotopic (exact) mass is 351 g/mol. The zero-order valence-corrected chi connectivity index (χ0v) is 13.4. The van der Waals surface area contributed by atoms with E-state index in [-0.39, 0.29) is 5.75 Å². The van der Waals surface area contributed by atoms with Gasteiger partial charge in [0.05, 0.1) is 5.56 Å². The number of halogens is 1. The molecule has 21 heavy (non-hydrogen) atoms. The first-order valence-electron chi connectivity index (χ1n) is 7.01. The van der Waals surface area contributed by atoms with Gasteiger partial charge in [-0.2, -0.15) is 4.98 Å². The highest BCUT2D eigenvalue weighted by atomic mass is 79.9. The molecule has 0 unspecified atom stereocenters. The third kappa shape index (κ3) is 3.03. The third-order valence-electron chi connectivity index (χ3n) is 3.87. The number of anilines is 1. The van der Waals surface area contributed by atoms with Gasteiger partial charge >= 0.3 is 0 Å². The van der Waals surface area contributed by atoms with Crippen LogP contribution in [0.4, 0.5) is 5.95 Å². The van der Waals surface area contributed by atoms with Gasteiger partial charge in [-0.3, -0.25) is 5.10 Å². The molecule has 3 N–H and O–H groups in total. The van der Waals surface area contributed by atoms with Crippen molar-refractivity contribution in [3.8, 4) is 17.1 Å². The van der Waals surface area contributed by atoms with Crippen LogP contribution in [0.3, 0.4) is 0 Å². The Balaban J connectivity index is 1.77. The van der Waals surface area contributed by atoms with Crippen LogP contribution in [0.5, 0.6) is 5.75 Å². The summed E-state index contributed by atoms with van der Waals surface area (Å²) >= 11 is 3.33. The number of H-pyrrole nitrogens is 1. The average Bonchev–Trinajstić information content (AvgIpc) is 2.97. The van der Waals surface area contributed by atoms with Crippen LogP contribution in [0, 0.1) is 0 Å². The van der Waals surface area contributed by atoms with E-state index in [1.807, 2.05) is 19.2 Å². The lowest BCUT2D eigenvalue weighted by atomic mass is 10.1. The molecule has 1 aliphatic heterocycles. The van der Waals surface area contributed by atoms with Crippen LogP contribution < -0.4 is 10.2 Å². The maximum atomic E-state index is 9.99. The highest BCUT2D eigenvalue weighted by Crippen LogP contribution is 2.30. The van der Waals surface area contributed by atoms with Gasteiger partial charge in [-0.25, -0.2) is 0 Å². The summed E-state index contributed by atoms with van der Waals surface area (Å²) in [5.41, 5.74) is 0.655. The topological polar surface area (TPSA) is 77.1 Å². The quantitative estimate of drug-likeness (QED) is 0.789. The number of nitrogens with one attached hydrogen (secondary N) is 2. The Hall–Kier alpha value is -1.60. The predicted octanol–water partition coefficient (Wildman–Crippen LogP) is 2.13. The SMILES string of the molecule is CNC1CCN(c2n[nH]c(-c3ccc(Br)cc3O)n2)CC1. The molecule has 1 saturated heterocycles. The minimum Gasteiger partial charge on any atom is -0.507 e. The molecule has 6 nitrogen and oxygen atoms in total. The van der Waals surface area contributed by atoms with Crippen LogP contribution in [0.15, 0.2) is 22.7 Å². The zero-order valence-electron chi connectivity index (χ0n) is 11.8. The van der Waals surface area contributed by atoms with Crippen molar-refractivity contribution in [3.05, 3.63) is 22.7 Å². The van der Waals surface area contributed by atoms with E-state index >= 15 is 0 Å². The molecular weight excluding hydrogens is 334 g/mol. The first-order valence-corrected chi connectivity index (χ1v) is 7.80. The molecule has 0 bridgehead atoms. The van der Waals surface area contributed by atoms with Crippen molar-refractivity contribution in [1.82, 2.24) is 20.5 Å². The molecule has 0 saturated carbocycles. The summed E-state index contributed by atoms with van der Waals surface area (Å²) in [5, 5.41) is 20.5. The highest BCUT2D eigenvalue weighted by Gasteiger charge is 2.21. The number of benzene rings is 1. The maximum Gasteiger partial charge on any atom is 0.245 e. The number of phenols is 1. The van der Waals surface area contributed by atoms with Gasteiger partial charge in [0.15, 0.2) is 5.82 Å². The minimum absolute atomic E-state index is 0.181. The molecule has 1 fully saturated rings. The molecule has 1 aromatic carbocycles. The number of nitrogens with zero attached hydrogens (tertiary/aromatic N) is 3. The van der Waals surface area contributed by atoms with E-state index in [1.54, 1.807) is 6.07 Å². The molecule has 2 aromatic rings. The van der Waals surface area contributed by atoms with Gasteiger partial charge in [0.2, 0.25) is 5.95 Å². The molecule has 7 heteroatoms. The van der Waals surface area contributed by atoms with E-state index in [1.165, 1.54) is 0 Å². The second kappa shape index (κ2) is 6.03. The summed E-state index contributed by atoms with van der Waals surface area (Å²) in [5.74, 6) is 1.47. The van der Waals surface area contributed by atoms with Gasteiger partial charge in [-0.1, -0.05) is 15.9 Å². The van der Waals surface area contributed by atoms with E-state index < -0.39 is 0 Å². The number of aromatic amines is 1. The van der Waals surface area contributed by atoms with Gasteiger partial charge in [0.25, 0.3) is 0 Å². The summed E-state index contributed by atoms with van der Waals surface area (Å²) < 4.78 is 0.831. The summed E-state index contributed by atoms with van der Waals surface area (Å²) in [6, 6.07) is 5.91. The van der Waals surface area contributed by atoms with Crippen molar-refractivity contribution >= 4 is 21.9 Å². The van der Waals surface area contributed by atoms with Crippen LogP contribution in [0.1, 0.15) is 12.8 Å². The number of rotatable bonds is 3. The lowest BCUT2D eigenvalue weighted by molar-refractivity contribution is 0.439. The van der Waals surface area contributed by atoms with Gasteiger partial charge in [0, 0.05) is 23.6 Å². The van der Waals surface area contributed by atoms with Crippen LogP contribution in [0.25, 0.3) is 11.4 Å². The molecular formula is C14H18BrN5O. The molecule has 2 heterocycles. The van der Waals surface area contributed by atoms with Crippen LogP contribution in [-0.4, -0.2) is 46.5 Å². The predicted molar refractivity (Wildman–Crippen MR) is 85.5 cm³/mol. The standard InChI is InChI=1S/C14H18BrN5O/c1-16-10-4-6-20(7-5-10)14-17-13(18-19-14)11-3-2-9(15)8-12(11)21/h2-3,8,10,16,21H,4-7H2,1H3,(H,17,18,19). The first-order chi connectivity index (χ1) is 10.2. The molecule has 0 radical (unpaired) electrons. The summed E-state index contributed by atoms with van der Waals surface area (Å²) in [6.45, 7) is 1.88. The number of hydrogen-bond acceptors (Lipinski definition) is 5. The summed E-state index contributed by atoms with van der Waals surface area (Å²) in [7, 11) is 2.00. The van der Waals surface area contributed by atoms with Gasteiger partial charge in [-0.15, -0.1) is 5.10 Å². The Bertz CT molecular complexity index is 622. The Kier molecular flexibility index (Phi) is 4.12. The van der Waals surface area contributed by atoms with E-state index in [0.717, 1.165) is 30.4 Å². The van der Waals surface area contributed by atoms with E-state index in [4.69, 9.17) is 0 Å². The van der Waals surface area contributed by atoms with Gasteiger partial charge in [-0.05, 0) is 38.1 Å². The molecule has 1 aromatic heterocycles. The van der Waals surface area contributed by atoms with Crippen molar-refractivity contribution in [3.63, 3.8) is 0 Å². The number of phenolic OH excluding ortho intramolecular Hbond substituents is 1. The third-order valence-corrected chi connectivity index (χ3v) is 4.37. The molecule has 3 rings (SSSR count). The molecule has 0 amide bonds. The van der Waals surface area contributed by atoms with Crippen molar-refractivity contribution in [2.75, 3.05) is 25.0 Å². The molecule has 112 valence electrons. The van der Waals surface area contributed by atoms with Crippen molar-refractivity contribution in [2.45, 2.75) is 18.9 Å². The fourth-order valence-electron chi connectivity index (χ4n) is 2.59. The Morgan fingerprint density at radius 1 is 1.38 bits per heavy atom. The van der Waals surface area contributed by atoms with E-state index in [0.29, 0.717) is 23.4 Å². The van der Waals surface area contributed by atoms with E-state index in [9.17, 15) is 5.11 Å². The maximum absolute atomic E-state index is 9.99. The lowest BCUT2D eigenvalue weighted by Gasteiger charge is -2.30. The number of piperidine rings is 1. The Labute approximate surface area is 131 Å². The number of hydrogen-bond donors (Lipinski definition) is 3. The lowest BCUT2D eigenvalue weighted by Crippen LogP contribution is -2.41. The largest absolute Gasteiger partial charge is 0.507 e. The fourth-order valence-corrected chi connectivity index (χ4v) is 2.94. The van der Waals surface area contributed by atoms with Crippen molar-refractivity contribution in [1.29, 1.82) is 0 Å². The molecule has 0 aliphatic carbocycles. The Morgan fingerprint density at radius 3 is 2.81 bits per heavy atom. The summed E-state index contributed by atoms with van der Waals surface area (Å²) in [4.78, 5) is 6.68. The van der Waals surface area contributed by atoms with Crippen molar-refractivity contribution < 1.29 is 5.11 Å². The second-order valence-electron chi connectivity index (χ2n) is 5.20. The zero-order chi connectivity index (χ0) is 14.8. The normalized spacial score (nSPS) is 16.4. The number of aromatic nitrogens is 3. The molecule has 0 atom stereocenters. The van der Waals surface area contributed by atoms with Crippen LogP contribution in [-0.2, 0) is 0 Å². The van der Waals surface area contributed by atoms with Gasteiger partial charge in [0.1, 0.15) is 5.75 Å². The second-order valence-corrected chi connectivity index (χ2v) is 6.11.